The topological polar surface area (TPSA) is 81.4 Å². The second-order valence-corrected chi connectivity index (χ2v) is 8.65. The largest absolute Gasteiger partial charge is 0.379 e. The number of sulfone groups is 1. The van der Waals surface area contributed by atoms with E-state index in [9.17, 15) is 8.42 Å². The summed E-state index contributed by atoms with van der Waals surface area (Å²) in [5.74, 6) is 5.96. The second-order valence-electron chi connectivity index (χ2n) is 6.32. The number of ether oxygens (including phenoxy) is 1. The highest BCUT2D eigenvalue weighted by Gasteiger charge is 2.35. The summed E-state index contributed by atoms with van der Waals surface area (Å²) in [4.78, 5) is 0. The molecule has 0 aromatic rings. The maximum absolute atomic E-state index is 11.7. The van der Waals surface area contributed by atoms with Crippen molar-refractivity contribution in [2.75, 3.05) is 13.4 Å². The highest BCUT2D eigenvalue weighted by Crippen LogP contribution is 2.33. The zero-order chi connectivity index (χ0) is 14.7. The predicted molar refractivity (Wildman–Crippen MR) is 77.4 cm³/mol. The van der Waals surface area contributed by atoms with Gasteiger partial charge in [-0.1, -0.05) is 6.42 Å². The van der Waals surface area contributed by atoms with Crippen molar-refractivity contribution < 1.29 is 13.2 Å². The Kier molecular flexibility index (Phi) is 5.79. The molecule has 0 radical (unpaired) electrons. The molecule has 0 heterocycles. The van der Waals surface area contributed by atoms with Gasteiger partial charge in [-0.15, -0.1) is 0 Å². The lowest BCUT2D eigenvalue weighted by Crippen LogP contribution is -2.48. The Labute approximate surface area is 117 Å². The first-order valence-electron chi connectivity index (χ1n) is 6.90. The minimum Gasteiger partial charge on any atom is -0.379 e. The molecular weight excluding hydrogens is 264 g/mol. The van der Waals surface area contributed by atoms with E-state index in [0.717, 1.165) is 25.7 Å². The quantitative estimate of drug-likeness (QED) is 0.568. The Morgan fingerprint density at radius 2 is 2.05 bits per heavy atom. The molecule has 0 saturated heterocycles. The van der Waals surface area contributed by atoms with Crippen LogP contribution in [-0.2, 0) is 14.6 Å². The first kappa shape index (κ1) is 16.9. The zero-order valence-corrected chi connectivity index (χ0v) is 13.3. The highest BCUT2D eigenvalue weighted by atomic mass is 32.2. The van der Waals surface area contributed by atoms with E-state index in [-0.39, 0.29) is 16.9 Å². The smallest absolute Gasteiger partial charge is 0.150 e. The van der Waals surface area contributed by atoms with E-state index in [4.69, 9.17) is 10.6 Å². The van der Waals surface area contributed by atoms with Gasteiger partial charge in [0.05, 0.1) is 10.9 Å². The third-order valence-corrected chi connectivity index (χ3v) is 5.96. The second kappa shape index (κ2) is 6.52. The minimum atomic E-state index is -2.95. The molecule has 0 aromatic heterocycles. The molecule has 0 amide bonds. The van der Waals surface area contributed by atoms with Crippen molar-refractivity contribution in [2.45, 2.75) is 62.8 Å². The van der Waals surface area contributed by atoms with Crippen molar-refractivity contribution in [3.63, 3.8) is 0 Å². The Balaban J connectivity index is 2.71. The number of hydrogen-bond donors (Lipinski definition) is 2. The lowest BCUT2D eigenvalue weighted by Gasteiger charge is -2.37. The lowest BCUT2D eigenvalue weighted by molar-refractivity contribution is -0.000510. The van der Waals surface area contributed by atoms with Gasteiger partial charge < -0.3 is 4.74 Å². The fourth-order valence-corrected chi connectivity index (χ4v) is 4.10. The monoisotopic (exact) mass is 292 g/mol. The summed E-state index contributed by atoms with van der Waals surface area (Å²) in [6.45, 7) is 4.04. The molecule has 0 spiro atoms. The molecule has 0 aromatic carbocycles. The van der Waals surface area contributed by atoms with Crippen molar-refractivity contribution in [1.29, 1.82) is 0 Å². The average Bonchev–Trinajstić information content (AvgIpc) is 2.35. The van der Waals surface area contributed by atoms with Gasteiger partial charge in [-0.2, -0.15) is 0 Å². The fourth-order valence-electron chi connectivity index (χ4n) is 2.91. The van der Waals surface area contributed by atoms with Crippen LogP contribution >= 0.6 is 0 Å². The molecule has 1 rings (SSSR count). The number of hydrazine groups is 1. The normalized spacial score (nSPS) is 27.2. The molecule has 0 aliphatic heterocycles. The van der Waals surface area contributed by atoms with E-state index in [1.807, 2.05) is 13.8 Å². The Morgan fingerprint density at radius 3 is 2.53 bits per heavy atom. The van der Waals surface area contributed by atoms with Crippen LogP contribution in [-0.4, -0.2) is 38.7 Å². The number of hydrogen-bond acceptors (Lipinski definition) is 5. The molecule has 5 nitrogen and oxygen atoms in total. The summed E-state index contributed by atoms with van der Waals surface area (Å²) in [6.07, 6.45) is 5.58. The Morgan fingerprint density at radius 1 is 1.42 bits per heavy atom. The first-order chi connectivity index (χ1) is 8.69. The number of nitrogens with two attached hydrogens (primary N) is 1. The van der Waals surface area contributed by atoms with Gasteiger partial charge in [-0.25, -0.2) is 8.42 Å². The van der Waals surface area contributed by atoms with Crippen LogP contribution in [0.3, 0.4) is 0 Å². The molecular formula is C13H28N2O3S. The molecule has 1 aliphatic carbocycles. The van der Waals surface area contributed by atoms with E-state index in [0.29, 0.717) is 12.3 Å². The van der Waals surface area contributed by atoms with Crippen LogP contribution in [0.5, 0.6) is 0 Å². The van der Waals surface area contributed by atoms with Gasteiger partial charge in [-0.05, 0) is 45.4 Å². The van der Waals surface area contributed by atoms with Crippen LogP contribution in [0.1, 0.15) is 46.0 Å². The van der Waals surface area contributed by atoms with Gasteiger partial charge in [0.1, 0.15) is 9.84 Å². The summed E-state index contributed by atoms with van der Waals surface area (Å²) in [5.41, 5.74) is 2.60. The third-order valence-electron chi connectivity index (χ3n) is 4.32. The fraction of sp³-hybridized carbons (Fsp3) is 1.00. The molecule has 1 fully saturated rings. The van der Waals surface area contributed by atoms with Gasteiger partial charge in [-0.3, -0.25) is 11.3 Å². The van der Waals surface area contributed by atoms with Gasteiger partial charge in [0, 0.05) is 19.4 Å². The molecule has 19 heavy (non-hydrogen) atoms. The zero-order valence-electron chi connectivity index (χ0n) is 12.5. The van der Waals surface area contributed by atoms with Crippen molar-refractivity contribution in [1.82, 2.24) is 5.43 Å². The summed E-state index contributed by atoms with van der Waals surface area (Å²) < 4.78 is 28.9. The van der Waals surface area contributed by atoms with Crippen LogP contribution in [0.15, 0.2) is 0 Å². The maximum Gasteiger partial charge on any atom is 0.150 e. The van der Waals surface area contributed by atoms with Gasteiger partial charge in [0.25, 0.3) is 0 Å². The summed E-state index contributed by atoms with van der Waals surface area (Å²) in [5, 5.41) is -0.215. The number of methoxy groups -OCH3 is 1. The molecule has 3 unspecified atom stereocenters. The third kappa shape index (κ3) is 5.02. The number of nitrogens with one attached hydrogen (secondary N) is 1. The van der Waals surface area contributed by atoms with Gasteiger partial charge in [0.15, 0.2) is 0 Å². The van der Waals surface area contributed by atoms with Crippen LogP contribution in [0.2, 0.25) is 0 Å². The molecule has 3 atom stereocenters. The van der Waals surface area contributed by atoms with Gasteiger partial charge >= 0.3 is 0 Å². The first-order valence-corrected chi connectivity index (χ1v) is 8.85. The standard InChI is InChI=1S/C13H28N2O3S/c1-13(2,18-3)9-12(15-14)10-6-5-7-11(8-10)19(4,16)17/h10-12,15H,5-9,14H2,1-4H3. The summed E-state index contributed by atoms with van der Waals surface area (Å²) >= 11 is 0. The Bertz CT molecular complexity index is 381. The molecule has 1 aliphatic rings. The maximum atomic E-state index is 11.7. The Hall–Kier alpha value is -0.170. The van der Waals surface area contributed by atoms with Crippen molar-refractivity contribution in [2.24, 2.45) is 11.8 Å². The van der Waals surface area contributed by atoms with E-state index >= 15 is 0 Å². The van der Waals surface area contributed by atoms with Crippen LogP contribution in [0, 0.1) is 5.92 Å². The predicted octanol–water partition coefficient (Wildman–Crippen LogP) is 1.24. The van der Waals surface area contributed by atoms with Crippen molar-refractivity contribution in [3.05, 3.63) is 0 Å². The lowest BCUT2D eigenvalue weighted by atomic mass is 9.80. The average molecular weight is 292 g/mol. The van der Waals surface area contributed by atoms with E-state index in [2.05, 4.69) is 5.43 Å². The van der Waals surface area contributed by atoms with E-state index in [1.54, 1.807) is 7.11 Å². The summed E-state index contributed by atoms with van der Waals surface area (Å²) in [6, 6.07) is 0.0968. The van der Waals surface area contributed by atoms with E-state index in [1.165, 1.54) is 6.26 Å². The van der Waals surface area contributed by atoms with E-state index < -0.39 is 9.84 Å². The van der Waals surface area contributed by atoms with Crippen molar-refractivity contribution >= 4 is 9.84 Å². The van der Waals surface area contributed by atoms with Crippen LogP contribution in [0.4, 0.5) is 0 Å². The molecule has 6 heteroatoms. The van der Waals surface area contributed by atoms with Crippen molar-refractivity contribution in [3.8, 4) is 0 Å². The SMILES string of the molecule is COC(C)(C)CC(NN)C1CCCC(S(C)(=O)=O)C1. The van der Waals surface area contributed by atoms with Crippen LogP contribution < -0.4 is 11.3 Å². The summed E-state index contributed by atoms with van der Waals surface area (Å²) in [7, 11) is -1.26. The van der Waals surface area contributed by atoms with Gasteiger partial charge in [0.2, 0.25) is 0 Å². The van der Waals surface area contributed by atoms with Crippen LogP contribution in [0.25, 0.3) is 0 Å². The highest BCUT2D eigenvalue weighted by molar-refractivity contribution is 7.91. The molecule has 1 saturated carbocycles. The molecule has 3 N–H and O–H groups in total. The number of rotatable bonds is 6. The molecule has 114 valence electrons. The molecule has 0 bridgehead atoms. The minimum absolute atomic E-state index is 0.0968.